The van der Waals surface area contributed by atoms with Crippen LogP contribution in [0.1, 0.15) is 50.5 Å². The van der Waals surface area contributed by atoms with Crippen molar-refractivity contribution in [1.29, 1.82) is 0 Å². The van der Waals surface area contributed by atoms with Gasteiger partial charge >= 0.3 is 0 Å². The van der Waals surface area contributed by atoms with E-state index >= 15 is 0 Å². The van der Waals surface area contributed by atoms with Gasteiger partial charge in [0.2, 0.25) is 5.91 Å². The minimum absolute atomic E-state index is 0.0839. The SMILES string of the molecule is C=CCN1CCC2(CC1)CN(C(=O)C1CCCCC1)c1ccc(F)cc12. The van der Waals surface area contributed by atoms with E-state index in [1.807, 2.05) is 17.0 Å². The number of anilines is 1. The lowest BCUT2D eigenvalue weighted by Crippen LogP contribution is -2.47. The summed E-state index contributed by atoms with van der Waals surface area (Å²) in [5, 5.41) is 0. The molecule has 0 unspecified atom stereocenters. The quantitative estimate of drug-likeness (QED) is 0.755. The Hall–Kier alpha value is -1.68. The van der Waals surface area contributed by atoms with Crippen molar-refractivity contribution in [2.75, 3.05) is 31.1 Å². The summed E-state index contributed by atoms with van der Waals surface area (Å²) in [6.45, 7) is 7.42. The van der Waals surface area contributed by atoms with Crippen molar-refractivity contribution in [2.24, 2.45) is 5.92 Å². The van der Waals surface area contributed by atoms with Crippen molar-refractivity contribution >= 4 is 11.6 Å². The van der Waals surface area contributed by atoms with Gasteiger partial charge in [-0.15, -0.1) is 6.58 Å². The highest BCUT2D eigenvalue weighted by molar-refractivity contribution is 5.98. The lowest BCUT2D eigenvalue weighted by Gasteiger charge is -2.39. The van der Waals surface area contributed by atoms with Crippen LogP contribution < -0.4 is 4.90 Å². The molecule has 1 aliphatic carbocycles. The number of carbonyl (C=O) groups excluding carboxylic acids is 1. The molecule has 140 valence electrons. The van der Waals surface area contributed by atoms with Gasteiger partial charge in [-0.05, 0) is 62.5 Å². The van der Waals surface area contributed by atoms with E-state index in [1.165, 1.54) is 12.5 Å². The number of amides is 1. The lowest BCUT2D eigenvalue weighted by atomic mass is 9.74. The first-order valence-corrected chi connectivity index (χ1v) is 10.1. The van der Waals surface area contributed by atoms with E-state index in [1.54, 1.807) is 6.07 Å². The fourth-order valence-corrected chi connectivity index (χ4v) is 5.18. The molecule has 1 amide bonds. The Morgan fingerprint density at radius 1 is 1.23 bits per heavy atom. The number of piperidine rings is 1. The van der Waals surface area contributed by atoms with E-state index in [0.717, 1.165) is 76.0 Å². The molecule has 0 radical (unpaired) electrons. The molecule has 4 heteroatoms. The van der Waals surface area contributed by atoms with Crippen molar-refractivity contribution in [3.63, 3.8) is 0 Å². The van der Waals surface area contributed by atoms with Crippen LogP contribution in [0.4, 0.5) is 10.1 Å². The number of hydrogen-bond donors (Lipinski definition) is 0. The molecule has 0 bridgehead atoms. The normalized spacial score (nSPS) is 23.2. The van der Waals surface area contributed by atoms with Gasteiger partial charge in [0.15, 0.2) is 0 Å². The van der Waals surface area contributed by atoms with Crippen molar-refractivity contribution in [3.8, 4) is 0 Å². The summed E-state index contributed by atoms with van der Waals surface area (Å²) in [5.74, 6) is 0.226. The third-order valence-electron chi connectivity index (χ3n) is 6.70. The Kier molecular flexibility index (Phi) is 4.87. The minimum atomic E-state index is -0.191. The number of halogens is 1. The van der Waals surface area contributed by atoms with E-state index < -0.39 is 0 Å². The van der Waals surface area contributed by atoms with Crippen LogP contribution in [0.3, 0.4) is 0 Å². The van der Waals surface area contributed by atoms with E-state index in [4.69, 9.17) is 0 Å². The predicted molar refractivity (Wildman–Crippen MR) is 103 cm³/mol. The van der Waals surface area contributed by atoms with Gasteiger partial charge in [0, 0.05) is 30.1 Å². The van der Waals surface area contributed by atoms with Crippen LogP contribution in [0.15, 0.2) is 30.9 Å². The lowest BCUT2D eigenvalue weighted by molar-refractivity contribution is -0.123. The topological polar surface area (TPSA) is 23.6 Å². The zero-order valence-corrected chi connectivity index (χ0v) is 15.6. The Balaban J connectivity index is 1.61. The maximum atomic E-state index is 14.1. The van der Waals surface area contributed by atoms with Crippen molar-refractivity contribution in [1.82, 2.24) is 4.90 Å². The Labute approximate surface area is 155 Å². The summed E-state index contributed by atoms with van der Waals surface area (Å²) >= 11 is 0. The van der Waals surface area contributed by atoms with Crippen LogP contribution in [0.5, 0.6) is 0 Å². The van der Waals surface area contributed by atoms with Crippen LogP contribution in [0.2, 0.25) is 0 Å². The van der Waals surface area contributed by atoms with Gasteiger partial charge in [-0.1, -0.05) is 25.3 Å². The molecule has 3 nitrogen and oxygen atoms in total. The first kappa shape index (κ1) is 17.7. The molecule has 0 N–H and O–H groups in total. The average Bonchev–Trinajstić information content (AvgIpc) is 2.98. The van der Waals surface area contributed by atoms with Gasteiger partial charge in [-0.25, -0.2) is 4.39 Å². The number of benzene rings is 1. The van der Waals surface area contributed by atoms with Crippen molar-refractivity contribution in [2.45, 2.75) is 50.4 Å². The highest BCUT2D eigenvalue weighted by atomic mass is 19.1. The van der Waals surface area contributed by atoms with Crippen LogP contribution in [0.25, 0.3) is 0 Å². The van der Waals surface area contributed by atoms with Crippen molar-refractivity contribution < 1.29 is 9.18 Å². The van der Waals surface area contributed by atoms with Crippen LogP contribution in [-0.2, 0) is 10.2 Å². The summed E-state index contributed by atoms with van der Waals surface area (Å²) in [4.78, 5) is 17.6. The second kappa shape index (κ2) is 7.15. The largest absolute Gasteiger partial charge is 0.311 e. The molecule has 2 aliphatic heterocycles. The Morgan fingerprint density at radius 2 is 1.96 bits per heavy atom. The number of fused-ring (bicyclic) bond motifs is 2. The second-order valence-electron chi connectivity index (χ2n) is 8.29. The molecular weight excluding hydrogens is 327 g/mol. The third-order valence-corrected chi connectivity index (χ3v) is 6.70. The number of hydrogen-bond acceptors (Lipinski definition) is 2. The summed E-state index contributed by atoms with van der Waals surface area (Å²) in [7, 11) is 0. The van der Waals surface area contributed by atoms with Gasteiger partial charge < -0.3 is 4.90 Å². The molecule has 0 atom stereocenters. The number of rotatable bonds is 3. The molecule has 1 saturated heterocycles. The average molecular weight is 356 g/mol. The fraction of sp³-hybridized carbons (Fsp3) is 0.591. The van der Waals surface area contributed by atoms with Gasteiger partial charge in [-0.3, -0.25) is 9.69 Å². The highest BCUT2D eigenvalue weighted by Gasteiger charge is 2.47. The summed E-state index contributed by atoms with van der Waals surface area (Å²) in [5.41, 5.74) is 1.93. The predicted octanol–water partition coefficient (Wildman–Crippen LogP) is 4.27. The molecule has 3 aliphatic rings. The maximum Gasteiger partial charge on any atom is 0.230 e. The molecular formula is C22H29FN2O. The smallest absolute Gasteiger partial charge is 0.230 e. The molecule has 1 spiro atoms. The van der Waals surface area contributed by atoms with Crippen LogP contribution in [-0.4, -0.2) is 37.0 Å². The van der Waals surface area contributed by atoms with Crippen LogP contribution in [0, 0.1) is 11.7 Å². The van der Waals surface area contributed by atoms with Gasteiger partial charge in [0.1, 0.15) is 5.82 Å². The zero-order valence-electron chi connectivity index (χ0n) is 15.6. The van der Waals surface area contributed by atoms with E-state index in [9.17, 15) is 9.18 Å². The highest BCUT2D eigenvalue weighted by Crippen LogP contribution is 2.48. The molecule has 4 rings (SSSR count). The Bertz CT molecular complexity index is 687. The minimum Gasteiger partial charge on any atom is -0.311 e. The molecule has 1 aromatic carbocycles. The van der Waals surface area contributed by atoms with E-state index in [0.29, 0.717) is 0 Å². The molecule has 1 saturated carbocycles. The molecule has 2 heterocycles. The van der Waals surface area contributed by atoms with Gasteiger partial charge in [0.25, 0.3) is 0 Å². The van der Waals surface area contributed by atoms with Gasteiger partial charge in [-0.2, -0.15) is 0 Å². The van der Waals surface area contributed by atoms with E-state index in [2.05, 4.69) is 11.5 Å². The summed E-state index contributed by atoms with van der Waals surface area (Å²) < 4.78 is 14.1. The number of likely N-dealkylation sites (tertiary alicyclic amines) is 1. The number of nitrogens with zero attached hydrogens (tertiary/aromatic N) is 2. The molecule has 0 aromatic heterocycles. The summed E-state index contributed by atoms with van der Waals surface area (Å²) in [6.07, 6.45) is 9.47. The summed E-state index contributed by atoms with van der Waals surface area (Å²) in [6, 6.07) is 5.02. The molecule has 26 heavy (non-hydrogen) atoms. The van der Waals surface area contributed by atoms with Crippen molar-refractivity contribution in [3.05, 3.63) is 42.2 Å². The van der Waals surface area contributed by atoms with E-state index in [-0.39, 0.29) is 23.1 Å². The fourth-order valence-electron chi connectivity index (χ4n) is 5.18. The maximum absolute atomic E-state index is 14.1. The third kappa shape index (κ3) is 3.09. The first-order chi connectivity index (χ1) is 12.6. The van der Waals surface area contributed by atoms with Gasteiger partial charge in [0.05, 0.1) is 0 Å². The monoisotopic (exact) mass is 356 g/mol. The first-order valence-electron chi connectivity index (χ1n) is 10.1. The second-order valence-corrected chi connectivity index (χ2v) is 8.29. The Morgan fingerprint density at radius 3 is 2.65 bits per heavy atom. The number of carbonyl (C=O) groups is 1. The standard InChI is InChI=1S/C22H29FN2O/c1-2-12-24-13-10-22(11-14-24)16-25(20-9-8-18(23)15-19(20)22)21(26)17-6-4-3-5-7-17/h2,8-9,15,17H,1,3-7,10-14,16H2. The zero-order chi connectivity index (χ0) is 18.1. The van der Waals surface area contributed by atoms with Crippen LogP contribution >= 0.6 is 0 Å². The molecule has 1 aromatic rings. The molecule has 2 fully saturated rings.